The predicted molar refractivity (Wildman–Crippen MR) is 60.3 cm³/mol. The molecule has 14 heavy (non-hydrogen) atoms. The molecule has 0 aliphatic rings. The Morgan fingerprint density at radius 1 is 1.36 bits per heavy atom. The van der Waals surface area contributed by atoms with Crippen LogP contribution in [-0.2, 0) is 4.79 Å². The van der Waals surface area contributed by atoms with Gasteiger partial charge >= 0.3 is 0 Å². The summed E-state index contributed by atoms with van der Waals surface area (Å²) >= 11 is 11.3. The Morgan fingerprint density at radius 3 is 2.50 bits per heavy atom. The summed E-state index contributed by atoms with van der Waals surface area (Å²) in [4.78, 5) is 11.0. The van der Waals surface area contributed by atoms with Gasteiger partial charge in [-0.3, -0.25) is 4.79 Å². The van der Waals surface area contributed by atoms with Crippen molar-refractivity contribution in [3.05, 3.63) is 28.3 Å². The van der Waals surface area contributed by atoms with Crippen LogP contribution in [0.1, 0.15) is 11.1 Å². The molecule has 0 fully saturated rings. The van der Waals surface area contributed by atoms with Crippen LogP contribution in [0.5, 0.6) is 0 Å². The van der Waals surface area contributed by atoms with Gasteiger partial charge < -0.3 is 5.32 Å². The van der Waals surface area contributed by atoms with Crippen molar-refractivity contribution in [2.24, 2.45) is 0 Å². The number of alkyl halides is 1. The molecule has 0 atom stereocenters. The molecule has 1 amide bonds. The molecule has 0 unspecified atom stereocenters. The van der Waals surface area contributed by atoms with Gasteiger partial charge in [-0.15, -0.1) is 11.6 Å². The Morgan fingerprint density at radius 2 is 1.93 bits per heavy atom. The Kier molecular flexibility index (Phi) is 3.78. The number of anilines is 1. The fraction of sp³-hybridized carbons (Fsp3) is 0.300. The standard InChI is InChI=1S/C10H11Cl2NO/c1-6-3-8(12)9(4-7(6)2)13-10(14)5-11/h3-4H,5H2,1-2H3,(H,13,14). The molecule has 0 radical (unpaired) electrons. The van der Waals surface area contributed by atoms with Gasteiger partial charge in [-0.2, -0.15) is 0 Å². The van der Waals surface area contributed by atoms with Gasteiger partial charge in [-0.05, 0) is 37.1 Å². The van der Waals surface area contributed by atoms with Crippen LogP contribution < -0.4 is 5.32 Å². The lowest BCUT2D eigenvalue weighted by atomic mass is 10.1. The minimum Gasteiger partial charge on any atom is -0.324 e. The van der Waals surface area contributed by atoms with E-state index in [1.807, 2.05) is 26.0 Å². The highest BCUT2D eigenvalue weighted by atomic mass is 35.5. The van der Waals surface area contributed by atoms with Crippen molar-refractivity contribution in [2.75, 3.05) is 11.2 Å². The van der Waals surface area contributed by atoms with Gasteiger partial charge in [0.25, 0.3) is 0 Å². The van der Waals surface area contributed by atoms with Crippen LogP contribution in [0.4, 0.5) is 5.69 Å². The lowest BCUT2D eigenvalue weighted by Gasteiger charge is -2.08. The topological polar surface area (TPSA) is 29.1 Å². The summed E-state index contributed by atoms with van der Waals surface area (Å²) < 4.78 is 0. The molecule has 0 aliphatic carbocycles. The minimum atomic E-state index is -0.253. The monoisotopic (exact) mass is 231 g/mol. The fourth-order valence-electron chi connectivity index (χ4n) is 1.06. The van der Waals surface area contributed by atoms with Crippen molar-refractivity contribution >= 4 is 34.8 Å². The number of rotatable bonds is 2. The normalized spacial score (nSPS) is 10.0. The molecule has 1 N–H and O–H groups in total. The molecule has 0 bridgehead atoms. The third-order valence-electron chi connectivity index (χ3n) is 1.98. The smallest absolute Gasteiger partial charge is 0.239 e. The van der Waals surface area contributed by atoms with Crippen LogP contribution in [0.25, 0.3) is 0 Å². The zero-order valence-corrected chi connectivity index (χ0v) is 9.54. The average Bonchev–Trinajstić information content (AvgIpc) is 2.14. The molecule has 76 valence electrons. The van der Waals surface area contributed by atoms with E-state index in [0.717, 1.165) is 11.1 Å². The molecule has 0 aliphatic heterocycles. The van der Waals surface area contributed by atoms with Gasteiger partial charge in [-0.25, -0.2) is 0 Å². The van der Waals surface area contributed by atoms with Gasteiger partial charge in [0.2, 0.25) is 5.91 Å². The quantitative estimate of drug-likeness (QED) is 0.779. The summed E-state index contributed by atoms with van der Waals surface area (Å²) in [7, 11) is 0. The highest BCUT2D eigenvalue weighted by Crippen LogP contribution is 2.25. The zero-order valence-electron chi connectivity index (χ0n) is 8.03. The first-order valence-corrected chi connectivity index (χ1v) is 5.08. The van der Waals surface area contributed by atoms with E-state index in [9.17, 15) is 4.79 Å². The molecule has 0 aromatic heterocycles. The third kappa shape index (κ3) is 2.63. The predicted octanol–water partition coefficient (Wildman–Crippen LogP) is 3.13. The van der Waals surface area contributed by atoms with Gasteiger partial charge in [0, 0.05) is 0 Å². The number of aryl methyl sites for hydroxylation is 2. The van der Waals surface area contributed by atoms with E-state index in [0.29, 0.717) is 10.7 Å². The number of nitrogens with one attached hydrogen (secondary N) is 1. The second kappa shape index (κ2) is 4.67. The summed E-state index contributed by atoms with van der Waals surface area (Å²) in [5.41, 5.74) is 2.79. The van der Waals surface area contributed by atoms with Crippen molar-refractivity contribution in [1.29, 1.82) is 0 Å². The molecule has 0 saturated heterocycles. The van der Waals surface area contributed by atoms with Crippen molar-refractivity contribution in [3.8, 4) is 0 Å². The summed E-state index contributed by atoms with van der Waals surface area (Å²) in [6.07, 6.45) is 0. The highest BCUT2D eigenvalue weighted by molar-refractivity contribution is 6.34. The maximum atomic E-state index is 11.0. The number of carbonyl (C=O) groups excluding carboxylic acids is 1. The second-order valence-electron chi connectivity index (χ2n) is 3.10. The Balaban J connectivity index is 2.98. The van der Waals surface area contributed by atoms with E-state index in [1.165, 1.54) is 0 Å². The van der Waals surface area contributed by atoms with E-state index in [-0.39, 0.29) is 11.8 Å². The number of halogens is 2. The fourth-order valence-corrected chi connectivity index (χ4v) is 1.39. The molecule has 4 heteroatoms. The van der Waals surface area contributed by atoms with E-state index >= 15 is 0 Å². The van der Waals surface area contributed by atoms with Gasteiger partial charge in [0.05, 0.1) is 10.7 Å². The molecule has 1 rings (SSSR count). The zero-order chi connectivity index (χ0) is 10.7. The number of amides is 1. The molecule has 1 aromatic carbocycles. The number of carbonyl (C=O) groups is 1. The molecule has 0 heterocycles. The summed E-state index contributed by atoms with van der Waals surface area (Å²) in [5.74, 6) is -0.319. The largest absolute Gasteiger partial charge is 0.324 e. The van der Waals surface area contributed by atoms with Crippen molar-refractivity contribution in [1.82, 2.24) is 0 Å². The summed E-state index contributed by atoms with van der Waals surface area (Å²) in [6.45, 7) is 3.93. The Labute approximate surface area is 93.2 Å². The Hall–Kier alpha value is -0.730. The van der Waals surface area contributed by atoms with Crippen molar-refractivity contribution < 1.29 is 4.79 Å². The first-order chi connectivity index (χ1) is 6.54. The van der Waals surface area contributed by atoms with Crippen LogP contribution >= 0.6 is 23.2 Å². The average molecular weight is 232 g/mol. The maximum Gasteiger partial charge on any atom is 0.239 e. The van der Waals surface area contributed by atoms with E-state index < -0.39 is 0 Å². The molecular weight excluding hydrogens is 221 g/mol. The lowest BCUT2D eigenvalue weighted by Crippen LogP contribution is -2.13. The molecule has 0 spiro atoms. The van der Waals surface area contributed by atoms with Crippen molar-refractivity contribution in [3.63, 3.8) is 0 Å². The van der Waals surface area contributed by atoms with Crippen molar-refractivity contribution in [2.45, 2.75) is 13.8 Å². The van der Waals surface area contributed by atoms with Crippen LogP contribution in [0.15, 0.2) is 12.1 Å². The number of hydrogen-bond acceptors (Lipinski definition) is 1. The first kappa shape index (κ1) is 11.3. The van der Waals surface area contributed by atoms with Crippen LogP contribution in [0.2, 0.25) is 5.02 Å². The maximum absolute atomic E-state index is 11.0. The van der Waals surface area contributed by atoms with E-state index in [2.05, 4.69) is 5.32 Å². The Bertz CT molecular complexity index is 363. The van der Waals surface area contributed by atoms with Gasteiger partial charge in [0.15, 0.2) is 0 Å². The molecule has 0 saturated carbocycles. The van der Waals surface area contributed by atoms with Gasteiger partial charge in [-0.1, -0.05) is 11.6 Å². The minimum absolute atomic E-state index is 0.0662. The lowest BCUT2D eigenvalue weighted by molar-refractivity contribution is -0.113. The molecule has 2 nitrogen and oxygen atoms in total. The summed E-state index contributed by atoms with van der Waals surface area (Å²) in [5, 5.41) is 3.16. The highest BCUT2D eigenvalue weighted by Gasteiger charge is 2.06. The number of benzene rings is 1. The SMILES string of the molecule is Cc1cc(Cl)c(NC(=O)CCl)cc1C. The van der Waals surface area contributed by atoms with Crippen LogP contribution in [0.3, 0.4) is 0 Å². The van der Waals surface area contributed by atoms with E-state index in [1.54, 1.807) is 0 Å². The van der Waals surface area contributed by atoms with Crippen LogP contribution in [0, 0.1) is 13.8 Å². The first-order valence-electron chi connectivity index (χ1n) is 4.17. The molecule has 1 aromatic rings. The summed E-state index contributed by atoms with van der Waals surface area (Å²) in [6, 6.07) is 3.66. The van der Waals surface area contributed by atoms with E-state index in [4.69, 9.17) is 23.2 Å². The third-order valence-corrected chi connectivity index (χ3v) is 2.53. The second-order valence-corrected chi connectivity index (χ2v) is 3.77. The van der Waals surface area contributed by atoms with Gasteiger partial charge in [0.1, 0.15) is 5.88 Å². The molecular formula is C10H11Cl2NO. The van der Waals surface area contributed by atoms with Crippen LogP contribution in [-0.4, -0.2) is 11.8 Å². The number of hydrogen-bond donors (Lipinski definition) is 1.